The minimum atomic E-state index is 0.736. The van der Waals surface area contributed by atoms with Gasteiger partial charge in [0.05, 0.1) is 15.9 Å². The van der Waals surface area contributed by atoms with Gasteiger partial charge >= 0.3 is 0 Å². The highest BCUT2D eigenvalue weighted by Crippen LogP contribution is 2.20. The molecule has 0 bridgehead atoms. The van der Waals surface area contributed by atoms with Crippen molar-refractivity contribution in [3.8, 4) is 0 Å². The van der Waals surface area contributed by atoms with E-state index in [4.69, 9.17) is 5.73 Å². The fourth-order valence-corrected chi connectivity index (χ4v) is 1.90. The molecule has 0 unspecified atom stereocenters. The Kier molecular flexibility index (Phi) is 5.28. The quantitative estimate of drug-likeness (QED) is 0.772. The van der Waals surface area contributed by atoms with Crippen LogP contribution in [0.4, 0.5) is 0 Å². The van der Waals surface area contributed by atoms with Gasteiger partial charge in [0.25, 0.3) is 0 Å². The Morgan fingerprint density at radius 3 is 2.87 bits per heavy atom. The minimum Gasteiger partial charge on any atom is -0.330 e. The van der Waals surface area contributed by atoms with Crippen LogP contribution in [-0.4, -0.2) is 22.9 Å². The molecule has 0 aliphatic rings. The van der Waals surface area contributed by atoms with Crippen molar-refractivity contribution in [2.75, 3.05) is 13.1 Å². The summed E-state index contributed by atoms with van der Waals surface area (Å²) in [6.45, 7) is 7.55. The summed E-state index contributed by atoms with van der Waals surface area (Å²) in [5.41, 5.74) is 7.69. The zero-order chi connectivity index (χ0) is 11.3. The van der Waals surface area contributed by atoms with Crippen LogP contribution in [0, 0.1) is 6.92 Å². The fourth-order valence-electron chi connectivity index (χ4n) is 1.47. The number of nitrogens with two attached hydrogens (primary N) is 1. The van der Waals surface area contributed by atoms with Crippen LogP contribution in [0.25, 0.3) is 0 Å². The van der Waals surface area contributed by atoms with Crippen molar-refractivity contribution in [2.24, 2.45) is 5.73 Å². The molecule has 0 amide bonds. The molecule has 5 heteroatoms. The first-order valence-corrected chi connectivity index (χ1v) is 6.12. The lowest BCUT2D eigenvalue weighted by molar-refractivity contribution is 0.572. The van der Waals surface area contributed by atoms with Crippen LogP contribution in [0.5, 0.6) is 0 Å². The topological polar surface area (TPSA) is 55.9 Å². The van der Waals surface area contributed by atoms with E-state index in [9.17, 15) is 0 Å². The number of halogens is 1. The van der Waals surface area contributed by atoms with E-state index in [0.717, 1.165) is 42.8 Å². The van der Waals surface area contributed by atoms with Gasteiger partial charge in [0, 0.05) is 13.1 Å². The van der Waals surface area contributed by atoms with Crippen LogP contribution in [-0.2, 0) is 13.1 Å². The first kappa shape index (κ1) is 12.7. The highest BCUT2D eigenvalue weighted by Gasteiger charge is 2.10. The van der Waals surface area contributed by atoms with Crippen molar-refractivity contribution in [2.45, 2.75) is 33.4 Å². The third-order valence-corrected chi connectivity index (χ3v) is 3.33. The third kappa shape index (κ3) is 3.29. The number of hydrogen-bond acceptors (Lipinski definition) is 3. The van der Waals surface area contributed by atoms with Crippen molar-refractivity contribution in [3.63, 3.8) is 0 Å². The van der Waals surface area contributed by atoms with Gasteiger partial charge in [-0.2, -0.15) is 5.10 Å². The first-order chi connectivity index (χ1) is 7.20. The lowest BCUT2D eigenvalue weighted by atomic mass is 10.3. The molecule has 86 valence electrons. The van der Waals surface area contributed by atoms with Crippen LogP contribution < -0.4 is 11.1 Å². The van der Waals surface area contributed by atoms with E-state index in [-0.39, 0.29) is 0 Å². The number of nitrogens with zero attached hydrogens (tertiary/aromatic N) is 2. The van der Waals surface area contributed by atoms with Crippen LogP contribution in [0.15, 0.2) is 4.47 Å². The van der Waals surface area contributed by atoms with Crippen molar-refractivity contribution < 1.29 is 0 Å². The molecule has 4 nitrogen and oxygen atoms in total. The zero-order valence-electron chi connectivity index (χ0n) is 9.39. The Hall–Kier alpha value is -0.390. The van der Waals surface area contributed by atoms with Gasteiger partial charge in [0.15, 0.2) is 0 Å². The molecule has 0 spiro atoms. The molecule has 1 aromatic rings. The SMILES string of the molecule is CCn1nc(C)c(Br)c1CNCCCN. The summed E-state index contributed by atoms with van der Waals surface area (Å²) in [5.74, 6) is 0. The molecule has 0 radical (unpaired) electrons. The van der Waals surface area contributed by atoms with Crippen molar-refractivity contribution in [3.05, 3.63) is 15.9 Å². The van der Waals surface area contributed by atoms with Crippen molar-refractivity contribution in [1.82, 2.24) is 15.1 Å². The van der Waals surface area contributed by atoms with Gasteiger partial charge in [0.1, 0.15) is 0 Å². The highest BCUT2D eigenvalue weighted by atomic mass is 79.9. The zero-order valence-corrected chi connectivity index (χ0v) is 11.0. The lowest BCUT2D eigenvalue weighted by Crippen LogP contribution is -2.20. The van der Waals surface area contributed by atoms with Crippen LogP contribution in [0.3, 0.4) is 0 Å². The number of nitrogens with one attached hydrogen (secondary N) is 1. The van der Waals surface area contributed by atoms with Gasteiger partial charge in [0.2, 0.25) is 0 Å². The predicted molar refractivity (Wildman–Crippen MR) is 65.7 cm³/mol. The van der Waals surface area contributed by atoms with E-state index >= 15 is 0 Å². The third-order valence-electron chi connectivity index (χ3n) is 2.30. The number of aromatic nitrogens is 2. The molecule has 0 atom stereocenters. The molecule has 0 saturated carbocycles. The summed E-state index contributed by atoms with van der Waals surface area (Å²) in [6, 6.07) is 0. The fraction of sp³-hybridized carbons (Fsp3) is 0.700. The molecule has 0 fully saturated rings. The Morgan fingerprint density at radius 2 is 2.27 bits per heavy atom. The summed E-state index contributed by atoms with van der Waals surface area (Å²) >= 11 is 3.56. The minimum absolute atomic E-state index is 0.736. The Balaban J connectivity index is 2.58. The molecule has 1 aromatic heterocycles. The standard InChI is InChI=1S/C10H19BrN4/c1-3-15-9(7-13-6-4-5-12)10(11)8(2)14-15/h13H,3-7,12H2,1-2H3. The van der Waals surface area contributed by atoms with Gasteiger partial charge in [-0.15, -0.1) is 0 Å². The van der Waals surface area contributed by atoms with Crippen molar-refractivity contribution >= 4 is 15.9 Å². The summed E-state index contributed by atoms with van der Waals surface area (Å²) in [6.07, 6.45) is 1.01. The van der Waals surface area contributed by atoms with E-state index in [0.29, 0.717) is 0 Å². The average molecular weight is 275 g/mol. The average Bonchev–Trinajstić information content (AvgIpc) is 2.51. The first-order valence-electron chi connectivity index (χ1n) is 5.33. The maximum absolute atomic E-state index is 5.43. The molecule has 3 N–H and O–H groups in total. The van der Waals surface area contributed by atoms with Gasteiger partial charge in [-0.3, -0.25) is 4.68 Å². The lowest BCUT2D eigenvalue weighted by Gasteiger charge is -2.06. The van der Waals surface area contributed by atoms with Crippen LogP contribution >= 0.6 is 15.9 Å². The molecule has 1 rings (SSSR count). The molecule has 0 aromatic carbocycles. The highest BCUT2D eigenvalue weighted by molar-refractivity contribution is 9.10. The maximum atomic E-state index is 5.43. The van der Waals surface area contributed by atoms with E-state index in [2.05, 4.69) is 33.3 Å². The number of hydrogen-bond donors (Lipinski definition) is 2. The van der Waals surface area contributed by atoms with Gasteiger partial charge in [-0.1, -0.05) is 0 Å². The summed E-state index contributed by atoms with van der Waals surface area (Å²) in [4.78, 5) is 0. The summed E-state index contributed by atoms with van der Waals surface area (Å²) in [5, 5.41) is 7.79. The summed E-state index contributed by atoms with van der Waals surface area (Å²) < 4.78 is 3.14. The monoisotopic (exact) mass is 274 g/mol. The Labute approximate surface area is 99.4 Å². The Bertz CT molecular complexity index is 309. The number of rotatable bonds is 6. The van der Waals surface area contributed by atoms with Gasteiger partial charge in [-0.25, -0.2) is 0 Å². The largest absolute Gasteiger partial charge is 0.330 e. The van der Waals surface area contributed by atoms with Crippen LogP contribution in [0.2, 0.25) is 0 Å². The molecule has 15 heavy (non-hydrogen) atoms. The van der Waals surface area contributed by atoms with E-state index in [1.54, 1.807) is 0 Å². The maximum Gasteiger partial charge on any atom is 0.0739 e. The van der Waals surface area contributed by atoms with E-state index in [1.807, 2.05) is 11.6 Å². The van der Waals surface area contributed by atoms with Crippen molar-refractivity contribution in [1.29, 1.82) is 0 Å². The normalized spacial score (nSPS) is 10.9. The second-order valence-corrected chi connectivity index (χ2v) is 4.27. The van der Waals surface area contributed by atoms with E-state index in [1.165, 1.54) is 5.69 Å². The smallest absolute Gasteiger partial charge is 0.0739 e. The van der Waals surface area contributed by atoms with Gasteiger partial charge < -0.3 is 11.1 Å². The molecule has 0 aliphatic carbocycles. The molecule has 0 aliphatic heterocycles. The molecule has 0 saturated heterocycles. The second kappa shape index (κ2) is 6.25. The molecule has 1 heterocycles. The summed E-state index contributed by atoms with van der Waals surface area (Å²) in [7, 11) is 0. The van der Waals surface area contributed by atoms with Crippen LogP contribution in [0.1, 0.15) is 24.7 Å². The van der Waals surface area contributed by atoms with Gasteiger partial charge in [-0.05, 0) is 49.3 Å². The number of aryl methyl sites for hydroxylation is 2. The second-order valence-electron chi connectivity index (χ2n) is 3.48. The predicted octanol–water partition coefficient (Wildman–Crippen LogP) is 1.41. The molecular weight excluding hydrogens is 256 g/mol. The Morgan fingerprint density at radius 1 is 1.53 bits per heavy atom. The van der Waals surface area contributed by atoms with E-state index < -0.39 is 0 Å². The molecular formula is C10H19BrN4.